The zero-order valence-electron chi connectivity index (χ0n) is 18.8. The molecule has 0 spiro atoms. The quantitative estimate of drug-likeness (QED) is 0.459. The van der Waals surface area contributed by atoms with Crippen LogP contribution in [0, 0.1) is 0 Å². The third-order valence-corrected chi connectivity index (χ3v) is 6.02. The van der Waals surface area contributed by atoms with Gasteiger partial charge in [0.25, 0.3) is 0 Å². The molecule has 0 heterocycles. The molecule has 0 aliphatic rings. The van der Waals surface area contributed by atoms with Gasteiger partial charge in [-0.25, -0.2) is 0 Å². The average molecular weight is 443 g/mol. The lowest BCUT2D eigenvalue weighted by molar-refractivity contribution is -0.141. The third kappa shape index (κ3) is 8.29. The molecule has 1 atom stereocenters. The van der Waals surface area contributed by atoms with E-state index >= 15 is 0 Å². The number of rotatable bonds is 13. The van der Waals surface area contributed by atoms with Crippen LogP contribution in [0.3, 0.4) is 0 Å². The Morgan fingerprint density at radius 3 is 2.48 bits per heavy atom. The first-order chi connectivity index (χ1) is 15.1. The summed E-state index contributed by atoms with van der Waals surface area (Å²) in [6.07, 6.45) is 1.84. The summed E-state index contributed by atoms with van der Waals surface area (Å²) in [7, 11) is 1.62. The summed E-state index contributed by atoms with van der Waals surface area (Å²) in [4.78, 5) is 27.7. The van der Waals surface area contributed by atoms with Crippen molar-refractivity contribution in [1.82, 2.24) is 10.2 Å². The molecule has 0 aliphatic heterocycles. The van der Waals surface area contributed by atoms with Gasteiger partial charge < -0.3 is 15.0 Å². The van der Waals surface area contributed by atoms with Gasteiger partial charge in [0.2, 0.25) is 11.8 Å². The number of benzene rings is 2. The molecule has 0 aromatic heterocycles. The molecule has 5 nitrogen and oxygen atoms in total. The molecule has 0 fully saturated rings. The van der Waals surface area contributed by atoms with Crippen LogP contribution < -0.4 is 10.1 Å². The summed E-state index contributed by atoms with van der Waals surface area (Å²) in [5.41, 5.74) is 2.20. The van der Waals surface area contributed by atoms with Gasteiger partial charge >= 0.3 is 0 Å². The Hall–Kier alpha value is -2.47. The molecule has 0 bridgehead atoms. The average Bonchev–Trinajstić information content (AvgIpc) is 2.81. The van der Waals surface area contributed by atoms with E-state index in [0.29, 0.717) is 25.9 Å². The molecule has 2 aromatic carbocycles. The standard InChI is InChI=1S/C25H34N2O3S/c1-4-15-26-25(29)23(5-2)27(18-21-12-9-13-22(17-21)30-3)24(28)14-16-31-19-20-10-7-6-8-11-20/h6-13,17,23H,4-5,14-16,18-19H2,1-3H3,(H,26,29)/t23-/m1/s1. The number of hydrogen-bond acceptors (Lipinski definition) is 4. The van der Waals surface area contributed by atoms with Crippen molar-refractivity contribution in [1.29, 1.82) is 0 Å². The number of carbonyl (C=O) groups is 2. The highest BCUT2D eigenvalue weighted by molar-refractivity contribution is 7.98. The molecule has 0 radical (unpaired) electrons. The van der Waals surface area contributed by atoms with Gasteiger partial charge in [-0.15, -0.1) is 0 Å². The molecular formula is C25H34N2O3S. The Morgan fingerprint density at radius 2 is 1.81 bits per heavy atom. The topological polar surface area (TPSA) is 58.6 Å². The van der Waals surface area contributed by atoms with Crippen molar-refractivity contribution in [2.24, 2.45) is 0 Å². The van der Waals surface area contributed by atoms with E-state index in [4.69, 9.17) is 4.74 Å². The smallest absolute Gasteiger partial charge is 0.242 e. The lowest BCUT2D eigenvalue weighted by Gasteiger charge is -2.30. The lowest BCUT2D eigenvalue weighted by Crippen LogP contribution is -2.49. The van der Waals surface area contributed by atoms with E-state index in [9.17, 15) is 9.59 Å². The molecule has 0 aliphatic carbocycles. The lowest BCUT2D eigenvalue weighted by atomic mass is 10.1. The summed E-state index contributed by atoms with van der Waals surface area (Å²) in [5.74, 6) is 2.25. The molecule has 0 unspecified atom stereocenters. The summed E-state index contributed by atoms with van der Waals surface area (Å²) >= 11 is 1.74. The van der Waals surface area contributed by atoms with Gasteiger partial charge in [-0.2, -0.15) is 11.8 Å². The summed E-state index contributed by atoms with van der Waals surface area (Å²) in [6.45, 7) is 4.97. The number of nitrogens with one attached hydrogen (secondary N) is 1. The van der Waals surface area contributed by atoms with Crippen molar-refractivity contribution >= 4 is 23.6 Å². The molecule has 0 saturated heterocycles. The normalized spacial score (nSPS) is 11.6. The SMILES string of the molecule is CCCNC(=O)[C@@H](CC)N(Cc1cccc(OC)c1)C(=O)CCSCc1ccccc1. The van der Waals surface area contributed by atoms with Crippen LogP contribution in [-0.2, 0) is 21.9 Å². The predicted octanol–water partition coefficient (Wildman–Crippen LogP) is 4.65. The van der Waals surface area contributed by atoms with E-state index in [2.05, 4.69) is 17.4 Å². The number of methoxy groups -OCH3 is 1. The molecule has 2 amide bonds. The number of ether oxygens (including phenoxy) is 1. The minimum Gasteiger partial charge on any atom is -0.497 e. The molecule has 2 aromatic rings. The van der Waals surface area contributed by atoms with Gasteiger partial charge in [0.05, 0.1) is 7.11 Å². The Kier molecular flexibility index (Phi) is 11.0. The molecule has 6 heteroatoms. The first-order valence-corrected chi connectivity index (χ1v) is 12.1. The van der Waals surface area contributed by atoms with Gasteiger partial charge in [-0.3, -0.25) is 9.59 Å². The minimum atomic E-state index is -0.482. The molecule has 1 N–H and O–H groups in total. The third-order valence-electron chi connectivity index (χ3n) is 4.99. The molecule has 31 heavy (non-hydrogen) atoms. The number of hydrogen-bond donors (Lipinski definition) is 1. The van der Waals surface area contributed by atoms with Crippen molar-refractivity contribution in [2.75, 3.05) is 19.4 Å². The number of nitrogens with zero attached hydrogens (tertiary/aromatic N) is 1. The van der Waals surface area contributed by atoms with Crippen LogP contribution in [0.5, 0.6) is 5.75 Å². The van der Waals surface area contributed by atoms with E-state index < -0.39 is 6.04 Å². The minimum absolute atomic E-state index is 0.00174. The zero-order chi connectivity index (χ0) is 22.5. The fraction of sp³-hybridized carbons (Fsp3) is 0.440. The largest absolute Gasteiger partial charge is 0.497 e. The maximum atomic E-state index is 13.2. The highest BCUT2D eigenvalue weighted by Crippen LogP contribution is 2.19. The number of carbonyl (C=O) groups excluding carboxylic acids is 2. The number of thioether (sulfide) groups is 1. The van der Waals surface area contributed by atoms with Gasteiger partial charge in [0.1, 0.15) is 11.8 Å². The van der Waals surface area contributed by atoms with Gasteiger partial charge in [0, 0.05) is 31.0 Å². The maximum Gasteiger partial charge on any atom is 0.242 e. The first-order valence-electron chi connectivity index (χ1n) is 10.9. The Bertz CT molecular complexity index is 813. The van der Waals surface area contributed by atoms with Crippen LogP contribution in [0.2, 0.25) is 0 Å². The zero-order valence-corrected chi connectivity index (χ0v) is 19.6. The van der Waals surface area contributed by atoms with Gasteiger partial charge in [-0.1, -0.05) is 56.3 Å². The van der Waals surface area contributed by atoms with Crippen LogP contribution in [0.4, 0.5) is 0 Å². The molecule has 2 rings (SSSR count). The van der Waals surface area contributed by atoms with E-state index in [1.54, 1.807) is 23.8 Å². The van der Waals surface area contributed by atoms with Crippen LogP contribution in [0.1, 0.15) is 44.2 Å². The van der Waals surface area contributed by atoms with Crippen LogP contribution in [0.25, 0.3) is 0 Å². The maximum absolute atomic E-state index is 13.2. The van der Waals surface area contributed by atoms with Crippen LogP contribution >= 0.6 is 11.8 Å². The number of amides is 2. The van der Waals surface area contributed by atoms with Crippen LogP contribution in [-0.4, -0.2) is 42.2 Å². The fourth-order valence-corrected chi connectivity index (χ4v) is 4.21. The predicted molar refractivity (Wildman–Crippen MR) is 128 cm³/mol. The monoisotopic (exact) mass is 442 g/mol. The Morgan fingerprint density at radius 1 is 1.06 bits per heavy atom. The van der Waals surface area contributed by atoms with Gasteiger partial charge in [0.15, 0.2) is 0 Å². The van der Waals surface area contributed by atoms with Crippen molar-refractivity contribution in [2.45, 2.75) is 51.4 Å². The van der Waals surface area contributed by atoms with Crippen molar-refractivity contribution in [3.8, 4) is 5.75 Å². The highest BCUT2D eigenvalue weighted by Gasteiger charge is 2.28. The second-order valence-corrected chi connectivity index (χ2v) is 8.48. The van der Waals surface area contributed by atoms with E-state index in [-0.39, 0.29) is 11.8 Å². The van der Waals surface area contributed by atoms with E-state index in [1.807, 2.05) is 56.3 Å². The Labute approximate surface area is 190 Å². The molecular weight excluding hydrogens is 408 g/mol. The highest BCUT2D eigenvalue weighted by atomic mass is 32.2. The fourth-order valence-electron chi connectivity index (χ4n) is 3.32. The van der Waals surface area contributed by atoms with Crippen molar-refractivity contribution in [3.05, 3.63) is 65.7 Å². The Balaban J connectivity index is 2.06. The van der Waals surface area contributed by atoms with E-state index in [0.717, 1.165) is 29.2 Å². The second-order valence-electron chi connectivity index (χ2n) is 7.38. The second kappa shape index (κ2) is 13.8. The van der Waals surface area contributed by atoms with Crippen molar-refractivity contribution < 1.29 is 14.3 Å². The summed E-state index contributed by atoms with van der Waals surface area (Å²) in [6, 6.07) is 17.4. The van der Waals surface area contributed by atoms with Gasteiger partial charge in [-0.05, 0) is 36.1 Å². The summed E-state index contributed by atoms with van der Waals surface area (Å²) < 4.78 is 5.32. The van der Waals surface area contributed by atoms with E-state index in [1.165, 1.54) is 5.56 Å². The first kappa shape index (κ1) is 24.8. The van der Waals surface area contributed by atoms with Crippen LogP contribution in [0.15, 0.2) is 54.6 Å². The summed E-state index contributed by atoms with van der Waals surface area (Å²) in [5, 5.41) is 2.95. The molecule has 0 saturated carbocycles. The molecule has 168 valence electrons. The van der Waals surface area contributed by atoms with Crippen molar-refractivity contribution in [3.63, 3.8) is 0 Å².